The van der Waals surface area contributed by atoms with E-state index in [1.807, 2.05) is 61.5 Å². The summed E-state index contributed by atoms with van der Waals surface area (Å²) in [7, 11) is 0. The first kappa shape index (κ1) is 17.1. The van der Waals surface area contributed by atoms with Crippen LogP contribution in [0.5, 0.6) is 0 Å². The lowest BCUT2D eigenvalue weighted by Crippen LogP contribution is -2.21. The second-order valence-corrected chi connectivity index (χ2v) is 6.84. The molecule has 0 atom stereocenters. The highest BCUT2D eigenvalue weighted by Crippen LogP contribution is 2.19. The van der Waals surface area contributed by atoms with Gasteiger partial charge in [-0.2, -0.15) is 10.1 Å². The van der Waals surface area contributed by atoms with Crippen LogP contribution in [0.25, 0.3) is 28.2 Å². The molecule has 0 bridgehead atoms. The van der Waals surface area contributed by atoms with Crippen molar-refractivity contribution in [2.24, 2.45) is 0 Å². The van der Waals surface area contributed by atoms with Crippen LogP contribution in [-0.4, -0.2) is 24.3 Å². The molecule has 0 saturated heterocycles. The van der Waals surface area contributed by atoms with Gasteiger partial charge in [0, 0.05) is 23.5 Å². The van der Waals surface area contributed by atoms with E-state index in [1.54, 1.807) is 27.5 Å². The summed E-state index contributed by atoms with van der Waals surface area (Å²) in [6.45, 7) is 2.20. The average molecular weight is 383 g/mol. The van der Waals surface area contributed by atoms with Crippen molar-refractivity contribution in [1.82, 2.24) is 24.3 Å². The maximum atomic E-state index is 12.9. The third-order valence-electron chi connectivity index (χ3n) is 4.72. The number of hydrogen-bond donors (Lipinski definition) is 0. The molecule has 0 spiro atoms. The van der Waals surface area contributed by atoms with Crippen LogP contribution in [0.3, 0.4) is 0 Å². The summed E-state index contributed by atoms with van der Waals surface area (Å²) in [5.41, 5.74) is 4.03. The second-order valence-electron chi connectivity index (χ2n) is 6.84. The molecule has 2 aromatic carbocycles. The van der Waals surface area contributed by atoms with Gasteiger partial charge in [0.1, 0.15) is 12.1 Å². The zero-order valence-electron chi connectivity index (χ0n) is 15.7. The molecule has 0 saturated carbocycles. The Morgan fingerprint density at radius 2 is 1.79 bits per heavy atom. The standard InChI is InChI=1S/C22H17N5O2/c1-15-6-5-9-17(12-15)21-23-20(29-25-21)14-26-10-11-27-19(22(26)28)13-18(24-27)16-7-3-2-4-8-16/h2-13H,14H2,1H3. The van der Waals surface area contributed by atoms with E-state index in [1.165, 1.54) is 0 Å². The Balaban J connectivity index is 1.47. The highest BCUT2D eigenvalue weighted by atomic mass is 16.5. The van der Waals surface area contributed by atoms with Crippen LogP contribution in [0.1, 0.15) is 11.5 Å². The molecular weight excluding hydrogens is 366 g/mol. The van der Waals surface area contributed by atoms with Gasteiger partial charge in [-0.3, -0.25) is 4.79 Å². The van der Waals surface area contributed by atoms with Gasteiger partial charge >= 0.3 is 0 Å². The van der Waals surface area contributed by atoms with Crippen LogP contribution in [0.15, 0.2) is 82.4 Å². The molecule has 0 amide bonds. The van der Waals surface area contributed by atoms with E-state index in [-0.39, 0.29) is 12.1 Å². The van der Waals surface area contributed by atoms with Crippen molar-refractivity contribution >= 4 is 5.52 Å². The van der Waals surface area contributed by atoms with E-state index in [2.05, 4.69) is 15.2 Å². The van der Waals surface area contributed by atoms with Gasteiger partial charge in [-0.15, -0.1) is 0 Å². The molecule has 142 valence electrons. The van der Waals surface area contributed by atoms with E-state index in [9.17, 15) is 4.79 Å². The summed E-state index contributed by atoms with van der Waals surface area (Å²) in [5, 5.41) is 8.54. The van der Waals surface area contributed by atoms with Crippen LogP contribution < -0.4 is 5.56 Å². The van der Waals surface area contributed by atoms with Crippen molar-refractivity contribution in [3.8, 4) is 22.6 Å². The highest BCUT2D eigenvalue weighted by Gasteiger charge is 2.13. The smallest absolute Gasteiger partial charge is 0.277 e. The van der Waals surface area contributed by atoms with Crippen molar-refractivity contribution in [2.75, 3.05) is 0 Å². The first-order valence-corrected chi connectivity index (χ1v) is 9.21. The fourth-order valence-corrected chi connectivity index (χ4v) is 3.27. The minimum Gasteiger partial charge on any atom is -0.337 e. The highest BCUT2D eigenvalue weighted by molar-refractivity contribution is 5.65. The number of aromatic nitrogens is 5. The Labute approximate surface area is 165 Å². The molecule has 0 unspecified atom stereocenters. The minimum atomic E-state index is -0.169. The molecule has 5 rings (SSSR count). The third-order valence-corrected chi connectivity index (χ3v) is 4.72. The van der Waals surface area contributed by atoms with Gasteiger partial charge < -0.3 is 9.09 Å². The van der Waals surface area contributed by atoms with Gasteiger partial charge in [0.2, 0.25) is 11.7 Å². The summed E-state index contributed by atoms with van der Waals surface area (Å²) in [4.78, 5) is 17.3. The number of rotatable bonds is 4. The fraction of sp³-hybridized carbons (Fsp3) is 0.0909. The van der Waals surface area contributed by atoms with Crippen LogP contribution in [0.2, 0.25) is 0 Å². The molecule has 7 nitrogen and oxygen atoms in total. The topological polar surface area (TPSA) is 78.2 Å². The molecule has 3 heterocycles. The van der Waals surface area contributed by atoms with Crippen LogP contribution in [0.4, 0.5) is 0 Å². The van der Waals surface area contributed by atoms with Gasteiger partial charge in [-0.25, -0.2) is 4.52 Å². The van der Waals surface area contributed by atoms with E-state index >= 15 is 0 Å². The van der Waals surface area contributed by atoms with Crippen molar-refractivity contribution in [2.45, 2.75) is 13.5 Å². The molecule has 0 N–H and O–H groups in total. The minimum absolute atomic E-state index is 0.169. The molecule has 0 aliphatic carbocycles. The maximum Gasteiger partial charge on any atom is 0.277 e. The third kappa shape index (κ3) is 3.23. The monoisotopic (exact) mass is 383 g/mol. The van der Waals surface area contributed by atoms with E-state index < -0.39 is 0 Å². The predicted molar refractivity (Wildman–Crippen MR) is 108 cm³/mol. The zero-order valence-corrected chi connectivity index (χ0v) is 15.7. The number of benzene rings is 2. The Morgan fingerprint density at radius 3 is 2.62 bits per heavy atom. The average Bonchev–Trinajstić information content (AvgIpc) is 3.39. The Kier molecular flexibility index (Phi) is 4.05. The van der Waals surface area contributed by atoms with Crippen LogP contribution in [0, 0.1) is 6.92 Å². The Hall–Kier alpha value is -4.00. The van der Waals surface area contributed by atoms with Crippen LogP contribution >= 0.6 is 0 Å². The van der Waals surface area contributed by atoms with Gasteiger partial charge in [-0.1, -0.05) is 59.3 Å². The zero-order chi connectivity index (χ0) is 19.8. The normalized spacial score (nSPS) is 11.2. The number of aryl methyl sites for hydroxylation is 1. The Bertz CT molecular complexity index is 1370. The van der Waals surface area contributed by atoms with Crippen molar-refractivity contribution < 1.29 is 4.52 Å². The second kappa shape index (κ2) is 6.87. The summed E-state index contributed by atoms with van der Waals surface area (Å²) < 4.78 is 8.49. The molecule has 0 fully saturated rings. The van der Waals surface area contributed by atoms with Crippen molar-refractivity contribution in [1.29, 1.82) is 0 Å². The number of nitrogens with zero attached hydrogens (tertiary/aromatic N) is 5. The number of hydrogen-bond acceptors (Lipinski definition) is 5. The summed E-state index contributed by atoms with van der Waals surface area (Å²) in [5.74, 6) is 0.879. The summed E-state index contributed by atoms with van der Waals surface area (Å²) >= 11 is 0. The molecule has 29 heavy (non-hydrogen) atoms. The molecule has 0 aliphatic heterocycles. The van der Waals surface area contributed by atoms with Crippen molar-refractivity contribution in [3.05, 3.63) is 94.9 Å². The first-order chi connectivity index (χ1) is 14.2. The lowest BCUT2D eigenvalue weighted by Gasteiger charge is -2.02. The molecule has 7 heteroatoms. The predicted octanol–water partition coefficient (Wildman–Crippen LogP) is 3.57. The van der Waals surface area contributed by atoms with E-state index in [0.29, 0.717) is 17.2 Å². The largest absolute Gasteiger partial charge is 0.337 e. The lowest BCUT2D eigenvalue weighted by molar-refractivity contribution is 0.370. The molecule has 5 aromatic rings. The van der Waals surface area contributed by atoms with Gasteiger partial charge in [0.15, 0.2) is 0 Å². The summed E-state index contributed by atoms with van der Waals surface area (Å²) in [6, 6.07) is 19.4. The molecule has 3 aromatic heterocycles. The van der Waals surface area contributed by atoms with Gasteiger partial charge in [0.25, 0.3) is 5.56 Å². The Morgan fingerprint density at radius 1 is 0.966 bits per heavy atom. The maximum absolute atomic E-state index is 12.9. The first-order valence-electron chi connectivity index (χ1n) is 9.21. The molecule has 0 radical (unpaired) electrons. The fourth-order valence-electron chi connectivity index (χ4n) is 3.27. The van der Waals surface area contributed by atoms with Crippen molar-refractivity contribution in [3.63, 3.8) is 0 Å². The van der Waals surface area contributed by atoms with Gasteiger partial charge in [0.05, 0.1) is 5.69 Å². The van der Waals surface area contributed by atoms with Gasteiger partial charge in [-0.05, 0) is 19.1 Å². The van der Waals surface area contributed by atoms with E-state index in [0.717, 1.165) is 22.4 Å². The number of fused-ring (bicyclic) bond motifs is 1. The molecule has 0 aliphatic rings. The summed E-state index contributed by atoms with van der Waals surface area (Å²) in [6.07, 6.45) is 3.43. The van der Waals surface area contributed by atoms with E-state index in [4.69, 9.17) is 4.52 Å². The SMILES string of the molecule is Cc1cccc(-c2noc(Cn3ccn4nc(-c5ccccc5)cc4c3=O)n2)c1. The molecular formula is C22H17N5O2. The quantitative estimate of drug-likeness (QED) is 0.474. The lowest BCUT2D eigenvalue weighted by atomic mass is 10.1. The van der Waals surface area contributed by atoms with Crippen LogP contribution in [-0.2, 0) is 6.54 Å².